The predicted octanol–water partition coefficient (Wildman–Crippen LogP) is 2.14. The number of nitrogens with one attached hydrogen (secondary N) is 1. The van der Waals surface area contributed by atoms with Gasteiger partial charge in [0, 0.05) is 25.0 Å². The molecule has 9 heteroatoms. The smallest absolute Gasteiger partial charge is 0.256 e. The fourth-order valence-corrected chi connectivity index (χ4v) is 4.60. The lowest BCUT2D eigenvalue weighted by molar-refractivity contribution is -0.117. The molecular formula is C22H19N5O3S. The monoisotopic (exact) mass is 433 g/mol. The number of carbonyl (C=O) groups excluding carboxylic acids is 1. The Kier molecular flexibility index (Phi) is 4.67. The summed E-state index contributed by atoms with van der Waals surface area (Å²) >= 11 is 0. The summed E-state index contributed by atoms with van der Waals surface area (Å²) in [5.41, 5.74) is 4.08. The van der Waals surface area contributed by atoms with Gasteiger partial charge in [-0.3, -0.25) is 9.36 Å². The van der Waals surface area contributed by atoms with Crippen molar-refractivity contribution in [3.05, 3.63) is 84.3 Å². The van der Waals surface area contributed by atoms with E-state index in [4.69, 9.17) is 0 Å². The number of carbonyl (C=O) groups is 1. The van der Waals surface area contributed by atoms with Gasteiger partial charge in [0.15, 0.2) is 5.84 Å². The van der Waals surface area contributed by atoms with Gasteiger partial charge < -0.3 is 10.2 Å². The SMILES string of the molecule is O=C(NCc1ccc(-n2cnc3ccccc32)cc1)C1=CC=CN2CCS(=O)(=O)N=C12. The summed E-state index contributed by atoms with van der Waals surface area (Å²) in [7, 11) is -3.54. The first-order valence-electron chi connectivity index (χ1n) is 9.78. The topological polar surface area (TPSA) is 96.7 Å². The van der Waals surface area contributed by atoms with E-state index in [0.29, 0.717) is 6.54 Å². The van der Waals surface area contributed by atoms with E-state index in [-0.39, 0.29) is 29.6 Å². The van der Waals surface area contributed by atoms with E-state index in [9.17, 15) is 13.2 Å². The van der Waals surface area contributed by atoms with Crippen molar-refractivity contribution in [2.75, 3.05) is 12.3 Å². The number of imidazole rings is 1. The average Bonchev–Trinajstić information content (AvgIpc) is 3.21. The number of benzene rings is 2. The number of rotatable bonds is 4. The van der Waals surface area contributed by atoms with Crippen molar-refractivity contribution in [1.29, 1.82) is 0 Å². The zero-order valence-electron chi connectivity index (χ0n) is 16.5. The van der Waals surface area contributed by atoms with Crippen LogP contribution in [0, 0.1) is 0 Å². The second kappa shape index (κ2) is 7.51. The number of hydrogen-bond acceptors (Lipinski definition) is 5. The molecule has 0 spiro atoms. The van der Waals surface area contributed by atoms with Crippen molar-refractivity contribution in [3.8, 4) is 5.69 Å². The van der Waals surface area contributed by atoms with E-state index in [2.05, 4.69) is 14.7 Å². The number of para-hydroxylation sites is 2. The van der Waals surface area contributed by atoms with Crippen molar-refractivity contribution in [2.24, 2.45) is 4.40 Å². The molecule has 3 aromatic rings. The van der Waals surface area contributed by atoms with Gasteiger partial charge in [-0.1, -0.05) is 24.3 Å². The largest absolute Gasteiger partial charge is 0.348 e. The second-order valence-corrected chi connectivity index (χ2v) is 9.02. The summed E-state index contributed by atoms with van der Waals surface area (Å²) in [5.74, 6) is -0.252. The van der Waals surface area contributed by atoms with Crippen LogP contribution < -0.4 is 5.32 Å². The first kappa shape index (κ1) is 19.3. The van der Waals surface area contributed by atoms with Crippen LogP contribution in [-0.2, 0) is 21.4 Å². The van der Waals surface area contributed by atoms with E-state index < -0.39 is 10.0 Å². The highest BCUT2D eigenvalue weighted by Gasteiger charge is 2.29. The fourth-order valence-electron chi connectivity index (χ4n) is 3.61. The minimum atomic E-state index is -3.54. The molecule has 0 radical (unpaired) electrons. The zero-order chi connectivity index (χ0) is 21.4. The third-order valence-electron chi connectivity index (χ3n) is 5.22. The average molecular weight is 433 g/mol. The van der Waals surface area contributed by atoms with E-state index >= 15 is 0 Å². The number of fused-ring (bicyclic) bond motifs is 2. The van der Waals surface area contributed by atoms with Crippen LogP contribution in [0.3, 0.4) is 0 Å². The van der Waals surface area contributed by atoms with Crippen LogP contribution in [0.25, 0.3) is 16.7 Å². The molecule has 0 atom stereocenters. The highest BCUT2D eigenvalue weighted by atomic mass is 32.2. The van der Waals surface area contributed by atoms with Gasteiger partial charge in [0.05, 0.1) is 22.4 Å². The molecule has 0 aliphatic carbocycles. The fraction of sp³-hybridized carbons (Fsp3) is 0.136. The van der Waals surface area contributed by atoms with Gasteiger partial charge in [-0.25, -0.2) is 13.4 Å². The highest BCUT2D eigenvalue weighted by molar-refractivity contribution is 7.90. The third-order valence-corrected chi connectivity index (χ3v) is 6.37. The zero-order valence-corrected chi connectivity index (χ0v) is 17.3. The summed E-state index contributed by atoms with van der Waals surface area (Å²) in [6.45, 7) is 0.595. The molecule has 0 unspecified atom stereocenters. The predicted molar refractivity (Wildman–Crippen MR) is 118 cm³/mol. The Labute approximate surface area is 179 Å². The molecule has 8 nitrogen and oxygen atoms in total. The molecule has 0 bridgehead atoms. The van der Waals surface area contributed by atoms with Gasteiger partial charge >= 0.3 is 0 Å². The van der Waals surface area contributed by atoms with Gasteiger partial charge in [-0.15, -0.1) is 4.40 Å². The minimum Gasteiger partial charge on any atom is -0.348 e. The summed E-state index contributed by atoms with van der Waals surface area (Å²) in [6, 6.07) is 15.7. The number of allylic oxidation sites excluding steroid dienone is 2. The van der Waals surface area contributed by atoms with Crippen LogP contribution in [0.1, 0.15) is 5.56 Å². The number of sulfonamides is 1. The molecule has 1 N–H and O–H groups in total. The van der Waals surface area contributed by atoms with Gasteiger partial charge in [0.1, 0.15) is 6.33 Å². The Morgan fingerprint density at radius 3 is 2.74 bits per heavy atom. The molecule has 31 heavy (non-hydrogen) atoms. The lowest BCUT2D eigenvalue weighted by Crippen LogP contribution is -2.42. The quantitative estimate of drug-likeness (QED) is 0.680. The molecule has 1 amide bonds. The van der Waals surface area contributed by atoms with Crippen LogP contribution in [0.4, 0.5) is 0 Å². The van der Waals surface area contributed by atoms with Gasteiger partial charge in [-0.2, -0.15) is 0 Å². The molecule has 156 valence electrons. The van der Waals surface area contributed by atoms with E-state index in [1.807, 2.05) is 53.1 Å². The summed E-state index contributed by atoms with van der Waals surface area (Å²) < 4.78 is 29.5. The molecule has 2 aliphatic heterocycles. The lowest BCUT2D eigenvalue weighted by Gasteiger charge is -2.28. The van der Waals surface area contributed by atoms with Crippen LogP contribution in [0.15, 0.2) is 83.2 Å². The summed E-state index contributed by atoms with van der Waals surface area (Å²) in [6.07, 6.45) is 6.81. The molecule has 5 rings (SSSR count). The van der Waals surface area contributed by atoms with Crippen molar-refractivity contribution >= 4 is 32.8 Å². The van der Waals surface area contributed by atoms with E-state index in [1.54, 1.807) is 29.6 Å². The highest BCUT2D eigenvalue weighted by Crippen LogP contribution is 2.19. The molecular weight excluding hydrogens is 414 g/mol. The van der Waals surface area contributed by atoms with Crippen LogP contribution in [0.2, 0.25) is 0 Å². The Bertz CT molecular complexity index is 1370. The van der Waals surface area contributed by atoms with Crippen molar-refractivity contribution in [2.45, 2.75) is 6.54 Å². The van der Waals surface area contributed by atoms with Crippen molar-refractivity contribution in [3.63, 3.8) is 0 Å². The molecule has 2 aromatic carbocycles. The van der Waals surface area contributed by atoms with Gasteiger partial charge in [0.25, 0.3) is 15.9 Å². The van der Waals surface area contributed by atoms with Crippen molar-refractivity contribution in [1.82, 2.24) is 19.8 Å². The molecule has 0 saturated heterocycles. The van der Waals surface area contributed by atoms with Crippen LogP contribution in [-0.4, -0.2) is 46.9 Å². The maximum Gasteiger partial charge on any atom is 0.256 e. The summed E-state index contributed by atoms with van der Waals surface area (Å²) in [4.78, 5) is 18.8. The minimum absolute atomic E-state index is 0.0612. The molecule has 1 aromatic heterocycles. The first-order valence-corrected chi connectivity index (χ1v) is 11.4. The Hall–Kier alpha value is -3.72. The summed E-state index contributed by atoms with van der Waals surface area (Å²) in [5, 5.41) is 2.85. The number of amidine groups is 1. The van der Waals surface area contributed by atoms with E-state index in [0.717, 1.165) is 22.3 Å². The molecule has 3 heterocycles. The number of hydrogen-bond donors (Lipinski definition) is 1. The maximum atomic E-state index is 12.7. The van der Waals surface area contributed by atoms with E-state index in [1.165, 1.54) is 0 Å². The number of amides is 1. The molecule has 0 fully saturated rings. The normalized spacial score (nSPS) is 17.1. The van der Waals surface area contributed by atoms with Crippen LogP contribution >= 0.6 is 0 Å². The second-order valence-electron chi connectivity index (χ2n) is 7.27. The molecule has 0 saturated carbocycles. The number of nitrogens with zero attached hydrogens (tertiary/aromatic N) is 4. The Morgan fingerprint density at radius 1 is 1.10 bits per heavy atom. The maximum absolute atomic E-state index is 12.7. The van der Waals surface area contributed by atoms with Crippen molar-refractivity contribution < 1.29 is 13.2 Å². The van der Waals surface area contributed by atoms with Crippen LogP contribution in [0.5, 0.6) is 0 Å². The van der Waals surface area contributed by atoms with Gasteiger partial charge in [0.2, 0.25) is 0 Å². The van der Waals surface area contributed by atoms with Gasteiger partial charge in [-0.05, 0) is 42.0 Å². The lowest BCUT2D eigenvalue weighted by atomic mass is 10.1. The molecule has 2 aliphatic rings. The standard InChI is InChI=1S/C22H19N5O3S/c28-22(18-4-3-11-26-12-13-31(29,30)25-21(18)26)23-14-16-7-9-17(10-8-16)27-15-24-19-5-1-2-6-20(19)27/h1-11,15H,12-14H2,(H,23,28). The third kappa shape index (κ3) is 3.75. The number of aromatic nitrogens is 2. The Balaban J connectivity index is 1.30. The first-order chi connectivity index (χ1) is 15.0. The Morgan fingerprint density at radius 2 is 1.90 bits per heavy atom.